The molecule has 0 saturated carbocycles. The van der Waals surface area contributed by atoms with E-state index in [9.17, 15) is 0 Å². The van der Waals surface area contributed by atoms with E-state index < -0.39 is 0 Å². The smallest absolute Gasteiger partial charge is 0.274 e. The molecule has 5 N–H and O–H groups in total. The number of halogens is 1. The van der Waals surface area contributed by atoms with Crippen LogP contribution in [0, 0.1) is 0 Å². The van der Waals surface area contributed by atoms with E-state index in [1.165, 1.54) is 4.90 Å². The average Bonchev–Trinajstić information content (AvgIpc) is 2.69. The van der Waals surface area contributed by atoms with Crippen molar-refractivity contribution in [1.29, 1.82) is 0 Å². The molecule has 0 bridgehead atoms. The van der Waals surface area contributed by atoms with Crippen molar-refractivity contribution in [1.82, 2.24) is 15.0 Å². The Hall–Kier alpha value is -2.97. The van der Waals surface area contributed by atoms with E-state index in [0.717, 1.165) is 37.7 Å². The monoisotopic (exact) mass is 398 g/mol. The maximum absolute atomic E-state index is 6.03. The van der Waals surface area contributed by atoms with Gasteiger partial charge in [0.05, 0.1) is 6.20 Å². The van der Waals surface area contributed by atoms with Crippen LogP contribution in [0.5, 0.6) is 0 Å². The number of hydrogen-bond acceptors (Lipinski definition) is 6. The summed E-state index contributed by atoms with van der Waals surface area (Å²) in [5.74, 6) is 2.49. The zero-order valence-electron chi connectivity index (χ0n) is 15.4. The Bertz CT molecular complexity index is 928. The van der Waals surface area contributed by atoms with Crippen LogP contribution in [0.3, 0.4) is 0 Å². The molecule has 3 heterocycles. The molecule has 1 fully saturated rings. The second-order valence-electron chi connectivity index (χ2n) is 6.73. The highest BCUT2D eigenvalue weighted by molar-refractivity contribution is 6.30. The second-order valence-corrected chi connectivity index (χ2v) is 7.17. The highest BCUT2D eigenvalue weighted by atomic mass is 35.5. The van der Waals surface area contributed by atoms with Gasteiger partial charge < -0.3 is 16.0 Å². The minimum Gasteiger partial charge on any atom is -0.368 e. The lowest BCUT2D eigenvalue weighted by Gasteiger charge is -2.27. The van der Waals surface area contributed by atoms with E-state index in [4.69, 9.17) is 17.3 Å². The first-order valence-electron chi connectivity index (χ1n) is 9.24. The Morgan fingerprint density at radius 3 is 2.71 bits per heavy atom. The molecule has 1 aliphatic rings. The van der Waals surface area contributed by atoms with Gasteiger partial charge in [-0.3, -0.25) is 4.90 Å². The fourth-order valence-corrected chi connectivity index (χ4v) is 3.50. The summed E-state index contributed by atoms with van der Waals surface area (Å²) in [4.78, 5) is 20.1. The minimum atomic E-state index is 0.214. The molecule has 1 aliphatic heterocycles. The summed E-state index contributed by atoms with van der Waals surface area (Å²) in [7, 11) is 0. The van der Waals surface area contributed by atoms with Gasteiger partial charge in [0.15, 0.2) is 5.82 Å². The van der Waals surface area contributed by atoms with Gasteiger partial charge in [0, 0.05) is 16.8 Å². The molecule has 2 aromatic heterocycles. The third-order valence-corrected chi connectivity index (χ3v) is 4.93. The average molecular weight is 399 g/mol. The van der Waals surface area contributed by atoms with Crippen LogP contribution in [0.15, 0.2) is 48.7 Å². The summed E-state index contributed by atoms with van der Waals surface area (Å²) in [6, 6.07) is 13.5. The number of aromatic nitrogens is 4. The second kappa shape index (κ2) is 8.37. The quantitative estimate of drug-likeness (QED) is 0.581. The van der Waals surface area contributed by atoms with Crippen molar-refractivity contribution in [2.45, 2.75) is 6.54 Å². The molecule has 8 nitrogen and oxygen atoms in total. The number of pyridine rings is 1. The molecule has 1 saturated heterocycles. The van der Waals surface area contributed by atoms with E-state index in [1.807, 2.05) is 42.6 Å². The molecular weight excluding hydrogens is 376 g/mol. The van der Waals surface area contributed by atoms with Gasteiger partial charge in [-0.05, 0) is 24.3 Å². The molecule has 1 aromatic carbocycles. The van der Waals surface area contributed by atoms with E-state index >= 15 is 0 Å². The van der Waals surface area contributed by atoms with Gasteiger partial charge in [0.1, 0.15) is 32.7 Å². The molecule has 144 valence electrons. The summed E-state index contributed by atoms with van der Waals surface area (Å²) in [6.45, 7) is 4.67. The highest BCUT2D eigenvalue weighted by Crippen LogP contribution is 2.18. The summed E-state index contributed by atoms with van der Waals surface area (Å²) >= 11 is 6.03. The van der Waals surface area contributed by atoms with Crippen LogP contribution in [0.4, 0.5) is 23.4 Å². The predicted molar refractivity (Wildman–Crippen MR) is 109 cm³/mol. The molecule has 28 heavy (non-hydrogen) atoms. The number of hydrogen-bond donors (Lipinski definition) is 3. The van der Waals surface area contributed by atoms with Gasteiger partial charge in [0.25, 0.3) is 5.82 Å². The number of quaternary nitrogens is 1. The van der Waals surface area contributed by atoms with Crippen LogP contribution in [-0.4, -0.2) is 41.1 Å². The molecule has 9 heteroatoms. The van der Waals surface area contributed by atoms with Crippen LogP contribution in [-0.2, 0) is 6.54 Å². The molecule has 0 aliphatic carbocycles. The van der Waals surface area contributed by atoms with E-state index in [-0.39, 0.29) is 5.95 Å². The van der Waals surface area contributed by atoms with Crippen molar-refractivity contribution in [2.75, 3.05) is 42.1 Å². The lowest BCUT2D eigenvalue weighted by atomic mass is 10.3. The Kier molecular flexibility index (Phi) is 5.50. The SMILES string of the molecule is Nc1nc(C[NH+]2CCN(c3cccc[nH+]3)CC2)nc(Nc2cccc(Cl)c2)n1. The molecule has 4 rings (SSSR count). The largest absolute Gasteiger partial charge is 0.368 e. The Balaban J connectivity index is 1.39. The molecule has 0 spiro atoms. The van der Waals surface area contributed by atoms with Gasteiger partial charge in [0.2, 0.25) is 11.9 Å². The van der Waals surface area contributed by atoms with Crippen molar-refractivity contribution in [3.63, 3.8) is 0 Å². The third kappa shape index (κ3) is 4.65. The first-order chi connectivity index (χ1) is 13.7. The zero-order chi connectivity index (χ0) is 19.3. The topological polar surface area (TPSA) is 98.5 Å². The van der Waals surface area contributed by atoms with Crippen molar-refractivity contribution in [3.8, 4) is 0 Å². The fraction of sp³-hybridized carbons (Fsp3) is 0.263. The van der Waals surface area contributed by atoms with E-state index in [1.54, 1.807) is 0 Å². The first kappa shape index (κ1) is 18.4. The number of aromatic amines is 1. The number of benzene rings is 1. The number of nitrogens with one attached hydrogen (secondary N) is 3. The van der Waals surface area contributed by atoms with Gasteiger partial charge >= 0.3 is 0 Å². The maximum atomic E-state index is 6.03. The van der Waals surface area contributed by atoms with E-state index in [0.29, 0.717) is 23.3 Å². The molecule has 0 amide bonds. The molecule has 0 unspecified atom stereocenters. The number of piperazine rings is 1. The lowest BCUT2D eigenvalue weighted by Crippen LogP contribution is -3.13. The van der Waals surface area contributed by atoms with E-state index in [2.05, 4.69) is 36.2 Å². The molecular formula is C19H23ClN8+2. The summed E-state index contributed by atoms with van der Waals surface area (Å²) in [6.07, 6.45) is 1.95. The number of nitrogens with two attached hydrogens (primary N) is 1. The van der Waals surface area contributed by atoms with Gasteiger partial charge in [-0.2, -0.15) is 15.0 Å². The predicted octanol–water partition coefficient (Wildman–Crippen LogP) is 0.570. The van der Waals surface area contributed by atoms with Crippen molar-refractivity contribution in [3.05, 3.63) is 59.5 Å². The van der Waals surface area contributed by atoms with Crippen molar-refractivity contribution >= 4 is 35.0 Å². The maximum Gasteiger partial charge on any atom is 0.274 e. The number of nitrogen functional groups attached to an aromatic ring is 1. The van der Waals surface area contributed by atoms with Crippen LogP contribution in [0.2, 0.25) is 5.02 Å². The van der Waals surface area contributed by atoms with Crippen LogP contribution in [0.25, 0.3) is 0 Å². The standard InChI is InChI=1S/C19H21ClN8/c20-14-4-3-5-15(12-14)23-19-25-16(24-18(21)26-19)13-27-8-10-28(11-9-27)17-6-1-2-7-22-17/h1-7,12H,8-11,13H2,(H3,21,23,24,25,26)/p+2. The Morgan fingerprint density at radius 1 is 1.11 bits per heavy atom. The number of rotatable bonds is 5. The number of H-pyrrole nitrogens is 1. The Morgan fingerprint density at radius 2 is 1.96 bits per heavy atom. The van der Waals surface area contributed by atoms with Crippen molar-refractivity contribution in [2.24, 2.45) is 0 Å². The fourth-order valence-electron chi connectivity index (χ4n) is 3.31. The lowest BCUT2D eigenvalue weighted by molar-refractivity contribution is -0.915. The zero-order valence-corrected chi connectivity index (χ0v) is 16.2. The first-order valence-corrected chi connectivity index (χ1v) is 9.62. The molecule has 3 aromatic rings. The number of anilines is 4. The summed E-state index contributed by atoms with van der Waals surface area (Å²) in [5.41, 5.74) is 6.71. The Labute approximate surface area is 168 Å². The van der Waals surface area contributed by atoms with Crippen molar-refractivity contribution < 1.29 is 9.88 Å². The van der Waals surface area contributed by atoms with Crippen LogP contribution < -0.4 is 25.8 Å². The van der Waals surface area contributed by atoms with Crippen LogP contribution in [0.1, 0.15) is 5.82 Å². The third-order valence-electron chi connectivity index (χ3n) is 4.69. The van der Waals surface area contributed by atoms with Gasteiger partial charge in [-0.1, -0.05) is 23.7 Å². The van der Waals surface area contributed by atoms with Gasteiger partial charge in [-0.15, -0.1) is 0 Å². The molecule has 0 atom stereocenters. The minimum absolute atomic E-state index is 0.214. The normalized spacial score (nSPS) is 14.8. The highest BCUT2D eigenvalue weighted by Gasteiger charge is 2.26. The summed E-state index contributed by atoms with van der Waals surface area (Å²) < 4.78 is 0. The number of nitrogens with zero attached hydrogens (tertiary/aromatic N) is 4. The van der Waals surface area contributed by atoms with Crippen LogP contribution >= 0.6 is 11.6 Å². The molecule has 0 radical (unpaired) electrons. The van der Waals surface area contributed by atoms with Gasteiger partial charge in [-0.25, -0.2) is 4.98 Å². The summed E-state index contributed by atoms with van der Waals surface area (Å²) in [5, 5.41) is 3.79.